The third-order valence-corrected chi connectivity index (χ3v) is 9.15. The second kappa shape index (κ2) is 11.2. The van der Waals surface area contributed by atoms with Crippen molar-refractivity contribution in [2.24, 2.45) is 0 Å². The van der Waals surface area contributed by atoms with Crippen LogP contribution in [0.15, 0.2) is 55.1 Å². The van der Waals surface area contributed by atoms with Gasteiger partial charge in [0.1, 0.15) is 37.7 Å². The second-order valence-corrected chi connectivity index (χ2v) is 12.7. The van der Waals surface area contributed by atoms with Crippen molar-refractivity contribution in [2.75, 3.05) is 31.2 Å². The molecule has 3 aliphatic rings. The minimum atomic E-state index is -4.03. The van der Waals surface area contributed by atoms with Gasteiger partial charge in [-0.25, -0.2) is 9.67 Å². The number of rotatable bonds is 8. The molecule has 0 bridgehead atoms. The Labute approximate surface area is 254 Å². The van der Waals surface area contributed by atoms with Gasteiger partial charge in [0, 0.05) is 35.4 Å². The smallest absolute Gasteiger partial charge is 0.408 e. The topological polar surface area (TPSA) is 117 Å². The third-order valence-electron chi connectivity index (χ3n) is 7.71. The van der Waals surface area contributed by atoms with Crippen LogP contribution in [0.1, 0.15) is 26.3 Å². The lowest BCUT2D eigenvalue weighted by molar-refractivity contribution is -0.238. The van der Waals surface area contributed by atoms with Crippen LogP contribution in [0.5, 0.6) is 5.75 Å². The van der Waals surface area contributed by atoms with Crippen molar-refractivity contribution in [3.63, 3.8) is 0 Å². The lowest BCUT2D eigenvalue weighted by Crippen LogP contribution is -2.76. The Hall–Kier alpha value is -2.49. The molecular weight excluding hydrogens is 609 g/mol. The zero-order chi connectivity index (χ0) is 29.7. The first-order valence-electron chi connectivity index (χ1n) is 13.5. The van der Waals surface area contributed by atoms with Gasteiger partial charge in [0.2, 0.25) is 5.79 Å². The lowest BCUT2D eigenvalue weighted by atomic mass is 10.1. The van der Waals surface area contributed by atoms with Gasteiger partial charge in [-0.05, 0) is 57.2 Å². The molecule has 1 spiro atoms. The minimum Gasteiger partial charge on any atom is -0.491 e. The molecule has 3 aromatic rings. The van der Waals surface area contributed by atoms with E-state index in [1.54, 1.807) is 29.2 Å². The number of nitrogens with zero attached hydrogens (tertiary/aromatic N) is 5. The fourth-order valence-electron chi connectivity index (χ4n) is 5.74. The molecule has 15 heteroatoms. The van der Waals surface area contributed by atoms with E-state index in [-0.39, 0.29) is 31.8 Å². The average molecular weight is 641 g/mol. The number of hydrogen-bond acceptors (Lipinski definition) is 11. The second-order valence-electron chi connectivity index (χ2n) is 10.7. The van der Waals surface area contributed by atoms with Gasteiger partial charge in [0.15, 0.2) is 0 Å². The minimum absolute atomic E-state index is 0.192. The molecule has 0 saturated carbocycles. The molecule has 3 fully saturated rings. The van der Waals surface area contributed by atoms with E-state index in [1.807, 2.05) is 36.1 Å². The van der Waals surface area contributed by atoms with E-state index in [9.17, 15) is 8.42 Å². The Balaban J connectivity index is 1.14. The quantitative estimate of drug-likeness (QED) is 0.358. The molecule has 42 heavy (non-hydrogen) atoms. The average Bonchev–Trinajstić information content (AvgIpc) is 3.58. The standard InChI is InChI=1S/C27H31Cl2N5O7S/c1-18(2)33-10-11-34(27(19(33)3)40-42(35,36)41-27)21-5-7-22(8-6-21)37-13-23-14-38-26(39-23,15-32-17-30-16-31-32)24-9-4-20(28)12-25(24)29/h4-9,12,16-19,23H,10-11,13-15H2,1-3H3/t19?,23-,26-/m1/s1. The van der Waals surface area contributed by atoms with Gasteiger partial charge in [-0.15, -0.1) is 0 Å². The summed E-state index contributed by atoms with van der Waals surface area (Å²) in [6, 6.07) is 12.3. The van der Waals surface area contributed by atoms with Crippen molar-refractivity contribution in [1.29, 1.82) is 0 Å². The van der Waals surface area contributed by atoms with E-state index in [0.29, 0.717) is 27.9 Å². The molecule has 226 valence electrons. The summed E-state index contributed by atoms with van der Waals surface area (Å²) < 4.78 is 55.0. The number of halogens is 2. The van der Waals surface area contributed by atoms with Crippen LogP contribution >= 0.6 is 23.2 Å². The van der Waals surface area contributed by atoms with Gasteiger partial charge < -0.3 is 19.1 Å². The Bertz CT molecular complexity index is 1510. The van der Waals surface area contributed by atoms with Gasteiger partial charge >= 0.3 is 16.3 Å². The molecule has 6 rings (SSSR count). The number of benzene rings is 2. The van der Waals surface area contributed by atoms with Crippen LogP contribution in [-0.2, 0) is 40.6 Å². The zero-order valence-corrected chi connectivity index (χ0v) is 25.6. The monoisotopic (exact) mass is 639 g/mol. The van der Waals surface area contributed by atoms with Gasteiger partial charge in [0.05, 0.1) is 17.7 Å². The van der Waals surface area contributed by atoms with Crippen LogP contribution in [0, 0.1) is 0 Å². The Morgan fingerprint density at radius 3 is 2.52 bits per heavy atom. The molecule has 0 aliphatic carbocycles. The van der Waals surface area contributed by atoms with Crippen molar-refractivity contribution in [2.45, 2.75) is 57.2 Å². The van der Waals surface area contributed by atoms with Crippen LogP contribution < -0.4 is 9.64 Å². The zero-order valence-electron chi connectivity index (χ0n) is 23.2. The van der Waals surface area contributed by atoms with E-state index in [4.69, 9.17) is 45.8 Å². The highest BCUT2D eigenvalue weighted by molar-refractivity contribution is 7.82. The molecule has 1 unspecified atom stereocenters. The lowest BCUT2D eigenvalue weighted by Gasteiger charge is -2.57. The normalized spacial score (nSPS) is 27.0. The maximum absolute atomic E-state index is 11.9. The van der Waals surface area contributed by atoms with Gasteiger partial charge in [-0.3, -0.25) is 4.90 Å². The highest BCUT2D eigenvalue weighted by Gasteiger charge is 2.63. The van der Waals surface area contributed by atoms with Crippen LogP contribution in [0.2, 0.25) is 10.0 Å². The summed E-state index contributed by atoms with van der Waals surface area (Å²) in [6.45, 7) is 7.95. The van der Waals surface area contributed by atoms with Crippen molar-refractivity contribution in [1.82, 2.24) is 19.7 Å². The largest absolute Gasteiger partial charge is 0.491 e. The summed E-state index contributed by atoms with van der Waals surface area (Å²) in [5.74, 6) is -2.03. The molecule has 0 amide bonds. The molecule has 1 aromatic heterocycles. The first-order chi connectivity index (χ1) is 20.0. The van der Waals surface area contributed by atoms with E-state index in [1.165, 1.54) is 6.33 Å². The molecule has 3 atom stereocenters. The molecule has 3 saturated heterocycles. The Kier molecular flexibility index (Phi) is 7.90. The third kappa shape index (κ3) is 5.48. The van der Waals surface area contributed by atoms with Crippen molar-refractivity contribution in [3.05, 3.63) is 70.7 Å². The van der Waals surface area contributed by atoms with Gasteiger partial charge in [-0.1, -0.05) is 29.3 Å². The van der Waals surface area contributed by atoms with E-state index in [0.717, 1.165) is 12.2 Å². The summed E-state index contributed by atoms with van der Waals surface area (Å²) in [5.41, 5.74) is 1.37. The number of aromatic nitrogens is 3. The summed E-state index contributed by atoms with van der Waals surface area (Å²) >= 11 is 12.7. The molecule has 4 heterocycles. The van der Waals surface area contributed by atoms with Crippen molar-refractivity contribution in [3.8, 4) is 5.75 Å². The molecular formula is C27H31Cl2N5O7S. The maximum atomic E-state index is 11.9. The van der Waals surface area contributed by atoms with Crippen molar-refractivity contribution < 1.29 is 31.0 Å². The molecule has 0 N–H and O–H groups in total. The number of anilines is 1. The van der Waals surface area contributed by atoms with Gasteiger partial charge in [0.25, 0.3) is 0 Å². The first-order valence-corrected chi connectivity index (χ1v) is 15.6. The Morgan fingerprint density at radius 1 is 1.12 bits per heavy atom. The van der Waals surface area contributed by atoms with E-state index >= 15 is 0 Å². The first kappa shape index (κ1) is 29.6. The summed E-state index contributed by atoms with van der Waals surface area (Å²) in [7, 11) is -4.03. The SMILES string of the molecule is CC(C)N1CCN(c2ccc(OC[C@@H]3CO[C@@](Cn4cncn4)(c4ccc(Cl)cc4Cl)O3)cc2)C2(OS(=O)(=O)O2)C1C. The number of piperazine rings is 1. The Morgan fingerprint density at radius 2 is 1.88 bits per heavy atom. The predicted molar refractivity (Wildman–Crippen MR) is 153 cm³/mol. The van der Waals surface area contributed by atoms with Crippen LogP contribution in [0.3, 0.4) is 0 Å². The molecule has 2 aromatic carbocycles. The number of ether oxygens (including phenoxy) is 3. The van der Waals surface area contributed by atoms with E-state index < -0.39 is 28.2 Å². The maximum Gasteiger partial charge on any atom is 0.408 e. The van der Waals surface area contributed by atoms with Crippen molar-refractivity contribution >= 4 is 39.3 Å². The fourth-order valence-corrected chi connectivity index (χ4v) is 7.34. The summed E-state index contributed by atoms with van der Waals surface area (Å²) in [6.07, 6.45) is 2.60. The predicted octanol–water partition coefficient (Wildman–Crippen LogP) is 3.80. The summed E-state index contributed by atoms with van der Waals surface area (Å²) in [4.78, 5) is 8.01. The van der Waals surface area contributed by atoms with Crippen LogP contribution in [-0.4, -0.2) is 78.5 Å². The van der Waals surface area contributed by atoms with Crippen LogP contribution in [0.25, 0.3) is 0 Å². The van der Waals surface area contributed by atoms with Crippen LogP contribution in [0.4, 0.5) is 5.69 Å². The van der Waals surface area contributed by atoms with Gasteiger partial charge in [-0.2, -0.15) is 21.9 Å². The highest BCUT2D eigenvalue weighted by atomic mass is 35.5. The molecule has 0 radical (unpaired) electrons. The van der Waals surface area contributed by atoms with E-state index in [2.05, 4.69) is 28.8 Å². The molecule has 12 nitrogen and oxygen atoms in total. The molecule has 3 aliphatic heterocycles. The fraction of sp³-hybridized carbons (Fsp3) is 0.481. The highest BCUT2D eigenvalue weighted by Crippen LogP contribution is 2.45. The number of hydrogen-bond donors (Lipinski definition) is 0. The summed E-state index contributed by atoms with van der Waals surface area (Å²) in [5, 5.41) is 5.11.